The van der Waals surface area contributed by atoms with Crippen molar-refractivity contribution in [1.29, 1.82) is 0 Å². The van der Waals surface area contributed by atoms with E-state index in [2.05, 4.69) is 43.3 Å². The largest absolute Gasteiger partial charge is 0.497 e. The van der Waals surface area contributed by atoms with Gasteiger partial charge in [-0.25, -0.2) is 0 Å². The quantitative estimate of drug-likeness (QED) is 0.870. The van der Waals surface area contributed by atoms with Crippen LogP contribution in [-0.4, -0.2) is 13.7 Å². The normalized spacial score (nSPS) is 12.2. The van der Waals surface area contributed by atoms with E-state index in [1.165, 1.54) is 16.7 Å². The second-order valence-electron chi connectivity index (χ2n) is 5.08. The summed E-state index contributed by atoms with van der Waals surface area (Å²) < 4.78 is 5.20. The molecule has 106 valence electrons. The van der Waals surface area contributed by atoms with Crippen molar-refractivity contribution in [3.05, 3.63) is 65.2 Å². The molecule has 0 aliphatic heterocycles. The first-order valence-corrected chi connectivity index (χ1v) is 7.18. The van der Waals surface area contributed by atoms with Gasteiger partial charge in [-0.15, -0.1) is 0 Å². The van der Waals surface area contributed by atoms with Crippen LogP contribution in [0.15, 0.2) is 48.5 Å². The van der Waals surface area contributed by atoms with Gasteiger partial charge in [-0.2, -0.15) is 0 Å². The van der Waals surface area contributed by atoms with Crippen molar-refractivity contribution >= 4 is 0 Å². The molecule has 0 saturated carbocycles. The SMILES string of the molecule is CCc1ccc(CC(CN)c2ccc(OC)cc2)cc1. The van der Waals surface area contributed by atoms with Crippen LogP contribution in [0, 0.1) is 0 Å². The van der Waals surface area contributed by atoms with Crippen molar-refractivity contribution in [1.82, 2.24) is 0 Å². The molecule has 0 aliphatic rings. The molecular formula is C18H23NO. The number of methoxy groups -OCH3 is 1. The summed E-state index contributed by atoms with van der Waals surface area (Å²) in [7, 11) is 1.69. The first kappa shape index (κ1) is 14.6. The highest BCUT2D eigenvalue weighted by molar-refractivity contribution is 5.31. The minimum absolute atomic E-state index is 0.355. The first-order valence-electron chi connectivity index (χ1n) is 7.18. The second-order valence-corrected chi connectivity index (χ2v) is 5.08. The van der Waals surface area contributed by atoms with Crippen molar-refractivity contribution in [2.75, 3.05) is 13.7 Å². The molecule has 2 aromatic rings. The Labute approximate surface area is 121 Å². The number of hydrogen-bond acceptors (Lipinski definition) is 2. The van der Waals surface area contributed by atoms with Crippen molar-refractivity contribution in [3.8, 4) is 5.75 Å². The van der Waals surface area contributed by atoms with Crippen LogP contribution in [0.1, 0.15) is 29.5 Å². The Kier molecular flexibility index (Phi) is 5.19. The maximum atomic E-state index is 5.95. The van der Waals surface area contributed by atoms with E-state index in [0.29, 0.717) is 12.5 Å². The Morgan fingerprint density at radius 2 is 1.55 bits per heavy atom. The maximum absolute atomic E-state index is 5.95. The zero-order chi connectivity index (χ0) is 14.4. The highest BCUT2D eigenvalue weighted by Crippen LogP contribution is 2.22. The van der Waals surface area contributed by atoms with Gasteiger partial charge in [0.05, 0.1) is 7.11 Å². The number of nitrogens with two attached hydrogens (primary N) is 1. The van der Waals surface area contributed by atoms with E-state index in [4.69, 9.17) is 10.5 Å². The average molecular weight is 269 g/mol. The third-order valence-electron chi connectivity index (χ3n) is 3.79. The number of benzene rings is 2. The molecule has 20 heavy (non-hydrogen) atoms. The van der Waals surface area contributed by atoms with Gasteiger partial charge in [0.15, 0.2) is 0 Å². The van der Waals surface area contributed by atoms with E-state index < -0.39 is 0 Å². The number of ether oxygens (including phenoxy) is 1. The Hall–Kier alpha value is -1.80. The van der Waals surface area contributed by atoms with Crippen LogP contribution in [0.25, 0.3) is 0 Å². The molecule has 0 radical (unpaired) electrons. The third kappa shape index (κ3) is 3.61. The Bertz CT molecular complexity index is 516. The Morgan fingerprint density at radius 1 is 0.950 bits per heavy atom. The molecule has 0 spiro atoms. The van der Waals surface area contributed by atoms with E-state index in [0.717, 1.165) is 18.6 Å². The van der Waals surface area contributed by atoms with Crippen LogP contribution < -0.4 is 10.5 Å². The lowest BCUT2D eigenvalue weighted by atomic mass is 9.91. The van der Waals surface area contributed by atoms with E-state index in [-0.39, 0.29) is 0 Å². The van der Waals surface area contributed by atoms with Crippen LogP contribution in [0.2, 0.25) is 0 Å². The number of hydrogen-bond donors (Lipinski definition) is 1. The zero-order valence-electron chi connectivity index (χ0n) is 12.3. The highest BCUT2D eigenvalue weighted by Gasteiger charge is 2.10. The molecule has 1 unspecified atom stereocenters. The van der Waals surface area contributed by atoms with Gasteiger partial charge in [0, 0.05) is 5.92 Å². The molecule has 2 nitrogen and oxygen atoms in total. The molecule has 0 aromatic heterocycles. The summed E-state index contributed by atoms with van der Waals surface area (Å²) in [5.74, 6) is 1.24. The topological polar surface area (TPSA) is 35.2 Å². The summed E-state index contributed by atoms with van der Waals surface area (Å²) in [4.78, 5) is 0. The first-order chi connectivity index (χ1) is 9.76. The van der Waals surface area contributed by atoms with Crippen LogP contribution in [0.4, 0.5) is 0 Å². The molecule has 0 aliphatic carbocycles. The smallest absolute Gasteiger partial charge is 0.118 e. The summed E-state index contributed by atoms with van der Waals surface area (Å²) in [6.45, 7) is 2.83. The molecule has 0 amide bonds. The molecule has 2 rings (SSSR count). The van der Waals surface area contributed by atoms with Gasteiger partial charge in [-0.1, -0.05) is 43.3 Å². The summed E-state index contributed by atoms with van der Waals surface area (Å²) in [5.41, 5.74) is 9.94. The van der Waals surface area contributed by atoms with Crippen LogP contribution in [0.3, 0.4) is 0 Å². The number of aryl methyl sites for hydroxylation is 1. The van der Waals surface area contributed by atoms with Gasteiger partial charge in [0.25, 0.3) is 0 Å². The predicted octanol–water partition coefficient (Wildman–Crippen LogP) is 3.54. The fourth-order valence-corrected chi connectivity index (χ4v) is 2.41. The summed E-state index contributed by atoms with van der Waals surface area (Å²) >= 11 is 0. The van der Waals surface area contributed by atoms with Crippen molar-refractivity contribution in [3.63, 3.8) is 0 Å². The van der Waals surface area contributed by atoms with E-state index in [1.807, 2.05) is 12.1 Å². The molecule has 2 aromatic carbocycles. The third-order valence-corrected chi connectivity index (χ3v) is 3.79. The molecule has 0 heterocycles. The maximum Gasteiger partial charge on any atom is 0.118 e. The van der Waals surface area contributed by atoms with Crippen molar-refractivity contribution in [2.24, 2.45) is 5.73 Å². The van der Waals surface area contributed by atoms with Gasteiger partial charge < -0.3 is 10.5 Å². The molecule has 2 heteroatoms. The van der Waals surface area contributed by atoms with Gasteiger partial charge in [0.2, 0.25) is 0 Å². The molecule has 0 saturated heterocycles. The average Bonchev–Trinajstić information content (AvgIpc) is 2.53. The number of rotatable bonds is 6. The standard InChI is InChI=1S/C18H23NO/c1-3-14-4-6-15(7-5-14)12-17(13-19)16-8-10-18(20-2)11-9-16/h4-11,17H,3,12-13,19H2,1-2H3. The van der Waals surface area contributed by atoms with E-state index in [1.54, 1.807) is 7.11 Å². The minimum Gasteiger partial charge on any atom is -0.497 e. The zero-order valence-corrected chi connectivity index (χ0v) is 12.3. The highest BCUT2D eigenvalue weighted by atomic mass is 16.5. The lowest BCUT2D eigenvalue weighted by molar-refractivity contribution is 0.414. The summed E-state index contributed by atoms with van der Waals surface area (Å²) in [6.07, 6.45) is 2.06. The van der Waals surface area contributed by atoms with E-state index >= 15 is 0 Å². The predicted molar refractivity (Wildman–Crippen MR) is 84.3 cm³/mol. The molecular weight excluding hydrogens is 246 g/mol. The Balaban J connectivity index is 2.10. The lowest BCUT2D eigenvalue weighted by Crippen LogP contribution is -2.15. The summed E-state index contributed by atoms with van der Waals surface area (Å²) in [6, 6.07) is 17.0. The van der Waals surface area contributed by atoms with Gasteiger partial charge in [-0.3, -0.25) is 0 Å². The van der Waals surface area contributed by atoms with Crippen molar-refractivity contribution < 1.29 is 4.74 Å². The monoisotopic (exact) mass is 269 g/mol. The van der Waals surface area contributed by atoms with Crippen LogP contribution >= 0.6 is 0 Å². The Morgan fingerprint density at radius 3 is 2.05 bits per heavy atom. The van der Waals surface area contributed by atoms with Gasteiger partial charge >= 0.3 is 0 Å². The van der Waals surface area contributed by atoms with E-state index in [9.17, 15) is 0 Å². The van der Waals surface area contributed by atoms with Crippen molar-refractivity contribution in [2.45, 2.75) is 25.7 Å². The molecule has 1 atom stereocenters. The van der Waals surface area contributed by atoms with Crippen LogP contribution in [0.5, 0.6) is 5.75 Å². The molecule has 0 bridgehead atoms. The minimum atomic E-state index is 0.355. The molecule has 2 N–H and O–H groups in total. The fraction of sp³-hybridized carbons (Fsp3) is 0.333. The second kappa shape index (κ2) is 7.11. The molecule has 0 fully saturated rings. The summed E-state index contributed by atoms with van der Waals surface area (Å²) in [5, 5.41) is 0. The van der Waals surface area contributed by atoms with Gasteiger partial charge in [0.1, 0.15) is 5.75 Å². The van der Waals surface area contributed by atoms with Crippen LogP contribution in [-0.2, 0) is 12.8 Å². The van der Waals surface area contributed by atoms with Gasteiger partial charge in [-0.05, 0) is 48.2 Å². The fourth-order valence-electron chi connectivity index (χ4n) is 2.41. The lowest BCUT2D eigenvalue weighted by Gasteiger charge is -2.16.